The zero-order valence-electron chi connectivity index (χ0n) is 21.7. The summed E-state index contributed by atoms with van der Waals surface area (Å²) in [4.78, 5) is 0. The minimum absolute atomic E-state index is 0.605. The molecule has 1 unspecified atom stereocenters. The summed E-state index contributed by atoms with van der Waals surface area (Å²) in [5.74, 6) is 0.605. The van der Waals surface area contributed by atoms with Crippen LogP contribution in [-0.2, 0) is 6.42 Å². The van der Waals surface area contributed by atoms with E-state index in [0.717, 1.165) is 0 Å². The lowest BCUT2D eigenvalue weighted by Gasteiger charge is -2.21. The highest BCUT2D eigenvalue weighted by molar-refractivity contribution is 5.36. The Bertz CT molecular complexity index is 779. The maximum absolute atomic E-state index is 2.45. The number of unbranched alkanes of at least 4 members (excludes halogenated alkanes) is 7. The highest BCUT2D eigenvalue weighted by Crippen LogP contribution is 2.32. The molecule has 1 atom stereocenters. The Morgan fingerprint density at radius 2 is 1.36 bits per heavy atom. The summed E-state index contributed by atoms with van der Waals surface area (Å²) >= 11 is 0. The molecule has 0 nitrogen and oxygen atoms in total. The van der Waals surface area contributed by atoms with Crippen molar-refractivity contribution in [2.75, 3.05) is 0 Å². The molecule has 2 aromatic carbocycles. The van der Waals surface area contributed by atoms with Gasteiger partial charge in [-0.3, -0.25) is 0 Å². The Balaban J connectivity index is 0.000000273. The minimum atomic E-state index is 0.605. The Morgan fingerprint density at radius 1 is 0.697 bits per heavy atom. The van der Waals surface area contributed by atoms with E-state index in [9.17, 15) is 0 Å². The maximum Gasteiger partial charge on any atom is 0.00860 e. The smallest absolute Gasteiger partial charge is 0.00860 e. The van der Waals surface area contributed by atoms with Crippen LogP contribution in [0, 0.1) is 6.92 Å². The molecule has 0 aliphatic heterocycles. The fraction of sp³-hybridized carbons (Fsp3) is 0.515. The van der Waals surface area contributed by atoms with E-state index < -0.39 is 0 Å². The van der Waals surface area contributed by atoms with E-state index in [2.05, 4.69) is 93.6 Å². The third-order valence-corrected chi connectivity index (χ3v) is 6.66. The summed E-state index contributed by atoms with van der Waals surface area (Å²) in [7, 11) is 0. The molecule has 0 N–H and O–H groups in total. The average molecular weight is 445 g/mol. The van der Waals surface area contributed by atoms with Crippen molar-refractivity contribution >= 4 is 0 Å². The van der Waals surface area contributed by atoms with Gasteiger partial charge in [0.15, 0.2) is 0 Å². The molecule has 0 heterocycles. The third kappa shape index (κ3) is 11.6. The topological polar surface area (TPSA) is 0 Å². The molecule has 0 saturated heterocycles. The van der Waals surface area contributed by atoms with Crippen LogP contribution >= 0.6 is 0 Å². The summed E-state index contributed by atoms with van der Waals surface area (Å²) in [5, 5.41) is 0. The van der Waals surface area contributed by atoms with Gasteiger partial charge in [0.05, 0.1) is 0 Å². The molecule has 180 valence electrons. The molecule has 3 rings (SSSR count). The van der Waals surface area contributed by atoms with Gasteiger partial charge in [0, 0.05) is 5.92 Å². The Labute approximate surface area is 205 Å². The molecule has 0 aromatic heterocycles. The van der Waals surface area contributed by atoms with Crippen molar-refractivity contribution in [2.45, 2.75) is 110 Å². The molecule has 0 fully saturated rings. The molecule has 1 aliphatic carbocycles. The second-order valence-electron chi connectivity index (χ2n) is 9.65. The number of rotatable bonds is 13. The number of allylic oxidation sites excluding steroid dienone is 4. The second-order valence-corrected chi connectivity index (χ2v) is 9.65. The molecular weight excluding hydrogens is 396 g/mol. The van der Waals surface area contributed by atoms with Crippen LogP contribution in [0.2, 0.25) is 0 Å². The van der Waals surface area contributed by atoms with Crippen LogP contribution in [-0.4, -0.2) is 0 Å². The molecule has 1 aliphatic rings. The summed E-state index contributed by atoms with van der Waals surface area (Å²) in [6, 6.07) is 19.9. The van der Waals surface area contributed by atoms with Crippen LogP contribution in [0.25, 0.3) is 0 Å². The lowest BCUT2D eigenvalue weighted by molar-refractivity contribution is 0.566. The normalized spacial score (nSPS) is 13.7. The quantitative estimate of drug-likeness (QED) is 0.269. The van der Waals surface area contributed by atoms with Crippen molar-refractivity contribution in [1.82, 2.24) is 0 Å². The molecule has 2 aromatic rings. The summed E-state index contributed by atoms with van der Waals surface area (Å²) in [5.41, 5.74) is 5.87. The van der Waals surface area contributed by atoms with Crippen LogP contribution in [0.3, 0.4) is 0 Å². The van der Waals surface area contributed by atoms with Gasteiger partial charge < -0.3 is 0 Å². The van der Waals surface area contributed by atoms with E-state index in [1.807, 2.05) is 0 Å². The molecule has 33 heavy (non-hydrogen) atoms. The number of benzene rings is 2. The Hall–Kier alpha value is -2.08. The first-order valence-electron chi connectivity index (χ1n) is 13.7. The van der Waals surface area contributed by atoms with Crippen LogP contribution in [0.5, 0.6) is 0 Å². The first-order valence-corrected chi connectivity index (χ1v) is 13.7. The lowest BCUT2D eigenvalue weighted by Crippen LogP contribution is -2.03. The Morgan fingerprint density at radius 3 is 2.03 bits per heavy atom. The van der Waals surface area contributed by atoms with Crippen molar-refractivity contribution < 1.29 is 0 Å². The van der Waals surface area contributed by atoms with Crippen molar-refractivity contribution in [1.29, 1.82) is 0 Å². The monoisotopic (exact) mass is 444 g/mol. The van der Waals surface area contributed by atoms with E-state index >= 15 is 0 Å². The zero-order valence-corrected chi connectivity index (χ0v) is 21.7. The molecule has 0 radical (unpaired) electrons. The number of aryl methyl sites for hydroxylation is 2. The zero-order chi connectivity index (χ0) is 23.6. The van der Waals surface area contributed by atoms with Crippen molar-refractivity contribution in [2.24, 2.45) is 0 Å². The SMILES string of the molecule is CCCCCCCCC(C1=CCCC=C1)c1ccccc1.CCCCCc1ccc(C)cc1. The van der Waals surface area contributed by atoms with Gasteiger partial charge >= 0.3 is 0 Å². The van der Waals surface area contributed by atoms with E-state index in [-0.39, 0.29) is 0 Å². The van der Waals surface area contributed by atoms with Gasteiger partial charge in [-0.2, -0.15) is 0 Å². The summed E-state index contributed by atoms with van der Waals surface area (Å²) in [6.07, 6.45) is 24.4. The van der Waals surface area contributed by atoms with E-state index in [1.165, 1.54) is 100 Å². The van der Waals surface area contributed by atoms with E-state index in [1.54, 1.807) is 5.57 Å². The van der Waals surface area contributed by atoms with Gasteiger partial charge in [0.1, 0.15) is 0 Å². The lowest BCUT2D eigenvalue weighted by atomic mass is 9.84. The summed E-state index contributed by atoms with van der Waals surface area (Å²) < 4.78 is 0. The second kappa shape index (κ2) is 17.4. The van der Waals surface area contributed by atoms with Gasteiger partial charge in [-0.1, -0.05) is 144 Å². The molecule has 0 saturated carbocycles. The van der Waals surface area contributed by atoms with Crippen LogP contribution in [0.15, 0.2) is 78.4 Å². The number of hydrogen-bond donors (Lipinski definition) is 0. The van der Waals surface area contributed by atoms with Gasteiger partial charge in [0.25, 0.3) is 0 Å². The van der Waals surface area contributed by atoms with Crippen LogP contribution < -0.4 is 0 Å². The fourth-order valence-electron chi connectivity index (χ4n) is 4.57. The van der Waals surface area contributed by atoms with Crippen LogP contribution in [0.4, 0.5) is 0 Å². The van der Waals surface area contributed by atoms with Crippen LogP contribution in [0.1, 0.15) is 114 Å². The molecule has 0 spiro atoms. The maximum atomic E-state index is 2.45. The third-order valence-electron chi connectivity index (χ3n) is 6.66. The van der Waals surface area contributed by atoms with Crippen molar-refractivity contribution in [3.05, 3.63) is 95.1 Å². The average Bonchev–Trinajstić information content (AvgIpc) is 2.86. The highest BCUT2D eigenvalue weighted by Gasteiger charge is 2.15. The van der Waals surface area contributed by atoms with Gasteiger partial charge in [0.2, 0.25) is 0 Å². The van der Waals surface area contributed by atoms with Gasteiger partial charge in [-0.25, -0.2) is 0 Å². The van der Waals surface area contributed by atoms with E-state index in [0.29, 0.717) is 5.92 Å². The minimum Gasteiger partial charge on any atom is -0.0839 e. The molecular formula is C33H48. The summed E-state index contributed by atoms with van der Waals surface area (Å²) in [6.45, 7) is 6.66. The van der Waals surface area contributed by atoms with Gasteiger partial charge in [-0.15, -0.1) is 0 Å². The first-order chi connectivity index (χ1) is 16.2. The fourth-order valence-corrected chi connectivity index (χ4v) is 4.57. The molecule has 0 heteroatoms. The molecule has 0 amide bonds. The van der Waals surface area contributed by atoms with Crippen molar-refractivity contribution in [3.8, 4) is 0 Å². The molecule has 0 bridgehead atoms. The standard InChI is InChI=1S/C21H30.C12H18/c1-2-3-4-5-6-13-18-21(19-14-9-7-10-15-19)20-16-11-8-12-17-20;1-3-4-5-6-12-9-7-11(2)8-10-12/h7,9-11,14-17,21H,2-6,8,12-13,18H2,1H3;7-10H,3-6H2,1-2H3. The van der Waals surface area contributed by atoms with Crippen molar-refractivity contribution in [3.63, 3.8) is 0 Å². The largest absolute Gasteiger partial charge is 0.0839 e. The van der Waals surface area contributed by atoms with Gasteiger partial charge in [-0.05, 0) is 55.7 Å². The number of hydrogen-bond acceptors (Lipinski definition) is 0. The predicted octanol–water partition coefficient (Wildman–Crippen LogP) is 10.5. The Kier molecular flexibility index (Phi) is 14.3. The first kappa shape index (κ1) is 27.2. The predicted molar refractivity (Wildman–Crippen MR) is 148 cm³/mol. The highest BCUT2D eigenvalue weighted by atomic mass is 14.2. The van der Waals surface area contributed by atoms with E-state index in [4.69, 9.17) is 0 Å².